The maximum absolute atomic E-state index is 10.8. The highest BCUT2D eigenvalue weighted by atomic mass is 16.5. The Kier molecular flexibility index (Phi) is 7.00. The topological polar surface area (TPSA) is 87.0 Å². The Bertz CT molecular complexity index is 818. The van der Waals surface area contributed by atoms with Gasteiger partial charge >= 0.3 is 5.97 Å². The van der Waals surface area contributed by atoms with Crippen molar-refractivity contribution in [1.29, 1.82) is 0 Å². The number of aliphatic hydroxyl groups is 2. The number of hydrogen-bond donors (Lipinski definition) is 3. The minimum absolute atomic E-state index is 0.0287. The molecular weight excluding hydrogens is 368 g/mol. The molecule has 1 saturated carbocycles. The van der Waals surface area contributed by atoms with Crippen LogP contribution in [-0.4, -0.2) is 39.6 Å². The molecule has 0 bridgehead atoms. The molecule has 2 aliphatic rings. The average Bonchev–Trinajstić information content (AvgIpc) is 3.19. The van der Waals surface area contributed by atoms with Crippen molar-refractivity contribution in [2.24, 2.45) is 11.8 Å². The summed E-state index contributed by atoms with van der Waals surface area (Å²) in [5.74, 6) is 5.87. The number of benzene rings is 1. The largest absolute Gasteiger partial charge is 0.489 e. The number of ether oxygens (including phenoxy) is 1. The second-order valence-electron chi connectivity index (χ2n) is 8.13. The zero-order valence-corrected chi connectivity index (χ0v) is 17.0. The molecule has 1 aliphatic heterocycles. The van der Waals surface area contributed by atoms with E-state index in [1.807, 2.05) is 31.2 Å². The van der Waals surface area contributed by atoms with Crippen LogP contribution in [0.25, 0.3) is 0 Å². The molecule has 156 valence electrons. The minimum Gasteiger partial charge on any atom is -0.489 e. The molecule has 0 spiro atoms. The lowest BCUT2D eigenvalue weighted by molar-refractivity contribution is -0.137. The summed E-state index contributed by atoms with van der Waals surface area (Å²) >= 11 is 0. The summed E-state index contributed by atoms with van der Waals surface area (Å²) in [5.41, 5.74) is 2.11. The molecule has 1 fully saturated rings. The van der Waals surface area contributed by atoms with Crippen LogP contribution < -0.4 is 4.74 Å². The second-order valence-corrected chi connectivity index (χ2v) is 8.13. The maximum atomic E-state index is 10.8. The van der Waals surface area contributed by atoms with Crippen molar-refractivity contribution in [3.05, 3.63) is 41.5 Å². The first kappa shape index (κ1) is 21.4. The van der Waals surface area contributed by atoms with Crippen LogP contribution in [0, 0.1) is 23.7 Å². The molecule has 1 aliphatic carbocycles. The molecule has 0 saturated heterocycles. The van der Waals surface area contributed by atoms with E-state index in [2.05, 4.69) is 11.8 Å². The van der Waals surface area contributed by atoms with Crippen molar-refractivity contribution in [2.75, 3.05) is 0 Å². The SMILES string of the molecule is CC#CC[C@@H](C)[C@H](O)/C=C/[C@@H]1[C@@H]2c3cccc(CCCC(=O)O)c3O[C@@H]2C[C@H]1O. The van der Waals surface area contributed by atoms with Crippen molar-refractivity contribution in [1.82, 2.24) is 0 Å². The molecule has 3 N–H and O–H groups in total. The van der Waals surface area contributed by atoms with Gasteiger partial charge in [0.2, 0.25) is 0 Å². The number of rotatable bonds is 8. The van der Waals surface area contributed by atoms with Crippen LogP contribution in [0.1, 0.15) is 56.6 Å². The lowest BCUT2D eigenvalue weighted by atomic mass is 9.86. The fraction of sp³-hybridized carbons (Fsp3) is 0.542. The lowest BCUT2D eigenvalue weighted by Gasteiger charge is -2.19. The number of aryl methyl sites for hydroxylation is 1. The molecule has 1 aromatic carbocycles. The predicted molar refractivity (Wildman–Crippen MR) is 111 cm³/mol. The first-order valence-electron chi connectivity index (χ1n) is 10.4. The Morgan fingerprint density at radius 1 is 1.41 bits per heavy atom. The van der Waals surface area contributed by atoms with E-state index in [-0.39, 0.29) is 30.3 Å². The number of carboxylic acids is 1. The van der Waals surface area contributed by atoms with Gasteiger partial charge in [-0.05, 0) is 31.2 Å². The van der Waals surface area contributed by atoms with Crippen LogP contribution in [-0.2, 0) is 11.2 Å². The van der Waals surface area contributed by atoms with Crippen molar-refractivity contribution in [2.45, 2.75) is 70.2 Å². The molecular formula is C24H30O5. The van der Waals surface area contributed by atoms with E-state index in [1.165, 1.54) is 0 Å². The van der Waals surface area contributed by atoms with Gasteiger partial charge in [-0.3, -0.25) is 4.79 Å². The maximum Gasteiger partial charge on any atom is 0.303 e. The highest BCUT2D eigenvalue weighted by Crippen LogP contribution is 2.52. The molecule has 0 amide bonds. The third kappa shape index (κ3) is 4.83. The van der Waals surface area contributed by atoms with E-state index in [4.69, 9.17) is 9.84 Å². The third-order valence-corrected chi connectivity index (χ3v) is 6.04. The first-order valence-corrected chi connectivity index (χ1v) is 10.4. The van der Waals surface area contributed by atoms with Gasteiger partial charge < -0.3 is 20.1 Å². The van der Waals surface area contributed by atoms with Crippen LogP contribution in [0.3, 0.4) is 0 Å². The van der Waals surface area contributed by atoms with Gasteiger partial charge in [0.25, 0.3) is 0 Å². The van der Waals surface area contributed by atoms with Crippen LogP contribution in [0.5, 0.6) is 5.75 Å². The number of para-hydroxylation sites is 1. The van der Waals surface area contributed by atoms with E-state index >= 15 is 0 Å². The van der Waals surface area contributed by atoms with Gasteiger partial charge in [-0.2, -0.15) is 0 Å². The van der Waals surface area contributed by atoms with Gasteiger partial charge in [-0.25, -0.2) is 0 Å². The molecule has 1 heterocycles. The van der Waals surface area contributed by atoms with Crippen LogP contribution >= 0.6 is 0 Å². The van der Waals surface area contributed by atoms with E-state index in [0.717, 1.165) is 16.9 Å². The Labute approximate surface area is 172 Å². The Morgan fingerprint density at radius 3 is 2.93 bits per heavy atom. The number of carbonyl (C=O) groups is 1. The van der Waals surface area contributed by atoms with Gasteiger partial charge in [0.05, 0.1) is 12.2 Å². The smallest absolute Gasteiger partial charge is 0.303 e. The Balaban J connectivity index is 1.75. The fourth-order valence-corrected chi connectivity index (χ4v) is 4.41. The van der Waals surface area contributed by atoms with Gasteiger partial charge in [0.1, 0.15) is 11.9 Å². The number of aliphatic hydroxyl groups excluding tert-OH is 2. The summed E-state index contributed by atoms with van der Waals surface area (Å²) in [7, 11) is 0. The molecule has 29 heavy (non-hydrogen) atoms. The van der Waals surface area contributed by atoms with Gasteiger partial charge in [0.15, 0.2) is 0 Å². The second kappa shape index (κ2) is 9.47. The lowest BCUT2D eigenvalue weighted by Crippen LogP contribution is -2.19. The quantitative estimate of drug-likeness (QED) is 0.462. The van der Waals surface area contributed by atoms with Crippen LogP contribution in [0.15, 0.2) is 30.4 Å². The number of hydrogen-bond acceptors (Lipinski definition) is 4. The molecule has 1 aromatic rings. The van der Waals surface area contributed by atoms with Crippen LogP contribution in [0.2, 0.25) is 0 Å². The minimum atomic E-state index is -0.790. The number of carboxylic acid groups (broad SMARTS) is 1. The van der Waals surface area contributed by atoms with E-state index < -0.39 is 18.2 Å². The summed E-state index contributed by atoms with van der Waals surface area (Å²) in [6.45, 7) is 3.75. The molecule has 5 heteroatoms. The van der Waals surface area contributed by atoms with Crippen molar-refractivity contribution in [3.63, 3.8) is 0 Å². The summed E-state index contributed by atoms with van der Waals surface area (Å²) in [5, 5.41) is 29.9. The normalized spacial score (nSPS) is 26.9. The molecule has 0 radical (unpaired) electrons. The highest BCUT2D eigenvalue weighted by Gasteiger charge is 2.48. The van der Waals surface area contributed by atoms with Gasteiger partial charge in [-0.15, -0.1) is 11.8 Å². The van der Waals surface area contributed by atoms with E-state index in [0.29, 0.717) is 25.7 Å². The molecule has 0 unspecified atom stereocenters. The fourth-order valence-electron chi connectivity index (χ4n) is 4.41. The van der Waals surface area contributed by atoms with Gasteiger partial charge in [-0.1, -0.05) is 37.3 Å². The van der Waals surface area contributed by atoms with Crippen molar-refractivity contribution < 1.29 is 24.9 Å². The zero-order valence-electron chi connectivity index (χ0n) is 17.0. The van der Waals surface area contributed by atoms with E-state index in [9.17, 15) is 15.0 Å². The molecule has 3 rings (SSSR count). The monoisotopic (exact) mass is 398 g/mol. The molecule has 0 aromatic heterocycles. The highest BCUT2D eigenvalue weighted by molar-refractivity contribution is 5.66. The average molecular weight is 398 g/mol. The third-order valence-electron chi connectivity index (χ3n) is 6.04. The zero-order chi connectivity index (χ0) is 21.0. The summed E-state index contributed by atoms with van der Waals surface area (Å²) in [6, 6.07) is 6.01. The molecule has 5 nitrogen and oxygen atoms in total. The first-order chi connectivity index (χ1) is 13.9. The summed E-state index contributed by atoms with van der Waals surface area (Å²) < 4.78 is 6.21. The molecule has 6 atom stereocenters. The van der Waals surface area contributed by atoms with E-state index in [1.54, 1.807) is 13.0 Å². The summed E-state index contributed by atoms with van der Waals surface area (Å²) in [6.07, 6.45) is 5.07. The Morgan fingerprint density at radius 2 is 2.21 bits per heavy atom. The van der Waals surface area contributed by atoms with Crippen molar-refractivity contribution >= 4 is 5.97 Å². The Hall–Kier alpha value is -2.29. The van der Waals surface area contributed by atoms with Crippen molar-refractivity contribution in [3.8, 4) is 17.6 Å². The predicted octanol–water partition coefficient (Wildman–Crippen LogP) is 3.29. The van der Waals surface area contributed by atoms with Gasteiger partial charge in [0, 0.05) is 36.7 Å². The summed E-state index contributed by atoms with van der Waals surface area (Å²) in [4.78, 5) is 10.8. The van der Waals surface area contributed by atoms with Crippen LogP contribution in [0.4, 0.5) is 0 Å². The number of aliphatic carboxylic acids is 1. The number of fused-ring (bicyclic) bond motifs is 3. The standard InChI is InChI=1S/C24H30O5/c1-3-4-7-15(2)19(25)13-12-17-20(26)14-21-23(17)18-10-5-8-16(24(18)29-21)9-6-11-22(27)28/h5,8,10,12-13,15,17,19-21,23,25-26H,6-7,9,11,14H2,1-2H3,(H,27,28)/b13-12+/t15-,17+,19-,20-,21-,23-/m1/s1.